The normalized spacial score (nSPS) is 21.2. The molecule has 0 saturated carbocycles. The van der Waals surface area contributed by atoms with Crippen LogP contribution in [0.4, 0.5) is 11.6 Å². The lowest BCUT2D eigenvalue weighted by atomic mass is 9.99. The standard InChI is InChI=1S/C31H37N5O6/c37-21-22-5-7-23(8-6-22)27-19-26(20-35-15-17-36(18-16-35)31-32-13-2-14-33-31)41-30(42-27)24-9-11-25(12-10-24)34-28(38)3-1-4-29(39)40/h2,5-14,26-27,30,37H,1,3-4,15-21H2,(H,34,38)(H,39,40)/t26-,27+,30+/m1/s1. The van der Waals surface area contributed by atoms with Gasteiger partial charge in [0.25, 0.3) is 0 Å². The van der Waals surface area contributed by atoms with Crippen molar-refractivity contribution in [2.45, 2.75) is 50.8 Å². The van der Waals surface area contributed by atoms with Gasteiger partial charge in [-0.1, -0.05) is 36.4 Å². The van der Waals surface area contributed by atoms with Crippen LogP contribution in [0.2, 0.25) is 0 Å². The van der Waals surface area contributed by atoms with Crippen molar-refractivity contribution in [3.05, 3.63) is 83.7 Å². The number of aromatic nitrogens is 2. The van der Waals surface area contributed by atoms with E-state index in [0.29, 0.717) is 18.5 Å². The third-order valence-electron chi connectivity index (χ3n) is 7.55. The van der Waals surface area contributed by atoms with Crippen LogP contribution in [0, 0.1) is 0 Å². The first-order valence-corrected chi connectivity index (χ1v) is 14.3. The summed E-state index contributed by atoms with van der Waals surface area (Å²) in [7, 11) is 0. The predicted octanol–water partition coefficient (Wildman–Crippen LogP) is 3.53. The molecular weight excluding hydrogens is 538 g/mol. The van der Waals surface area contributed by atoms with E-state index in [-0.39, 0.29) is 37.6 Å². The summed E-state index contributed by atoms with van der Waals surface area (Å²) >= 11 is 0. The van der Waals surface area contributed by atoms with Gasteiger partial charge in [0.15, 0.2) is 6.29 Å². The van der Waals surface area contributed by atoms with Crippen LogP contribution in [0.25, 0.3) is 0 Å². The number of carbonyl (C=O) groups excluding carboxylic acids is 1. The van der Waals surface area contributed by atoms with E-state index in [2.05, 4.69) is 25.1 Å². The van der Waals surface area contributed by atoms with Crippen molar-refractivity contribution in [2.24, 2.45) is 0 Å². The number of aliphatic hydroxyl groups excluding tert-OH is 1. The zero-order chi connectivity index (χ0) is 29.3. The van der Waals surface area contributed by atoms with Gasteiger partial charge >= 0.3 is 5.97 Å². The number of carboxylic acids is 1. The molecule has 3 aromatic rings. The van der Waals surface area contributed by atoms with Crippen molar-refractivity contribution in [1.29, 1.82) is 0 Å². The summed E-state index contributed by atoms with van der Waals surface area (Å²) in [6.07, 6.45) is 3.78. The molecular formula is C31H37N5O6. The smallest absolute Gasteiger partial charge is 0.303 e. The summed E-state index contributed by atoms with van der Waals surface area (Å²) in [5, 5.41) is 21.1. The molecule has 2 aliphatic heterocycles. The number of carbonyl (C=O) groups is 2. The van der Waals surface area contributed by atoms with Gasteiger partial charge in [0, 0.05) is 75.6 Å². The third kappa shape index (κ3) is 8.10. The average molecular weight is 576 g/mol. The first-order valence-electron chi connectivity index (χ1n) is 14.3. The lowest BCUT2D eigenvalue weighted by Crippen LogP contribution is -2.50. The fourth-order valence-corrected chi connectivity index (χ4v) is 5.25. The average Bonchev–Trinajstić information content (AvgIpc) is 3.02. The van der Waals surface area contributed by atoms with Crippen LogP contribution in [0.5, 0.6) is 0 Å². The van der Waals surface area contributed by atoms with Crippen molar-refractivity contribution >= 4 is 23.5 Å². The highest BCUT2D eigenvalue weighted by Gasteiger charge is 2.34. The van der Waals surface area contributed by atoms with Crippen LogP contribution in [0.3, 0.4) is 0 Å². The summed E-state index contributed by atoms with van der Waals surface area (Å²) in [6.45, 7) is 4.18. The van der Waals surface area contributed by atoms with Gasteiger partial charge in [0.05, 0.1) is 18.8 Å². The molecule has 5 rings (SSSR count). The first-order chi connectivity index (χ1) is 20.5. The number of piperazine rings is 1. The van der Waals surface area contributed by atoms with Gasteiger partial charge in [-0.15, -0.1) is 0 Å². The number of anilines is 2. The van der Waals surface area contributed by atoms with E-state index < -0.39 is 12.3 Å². The Bertz CT molecular complexity index is 1300. The second-order valence-electron chi connectivity index (χ2n) is 10.6. The summed E-state index contributed by atoms with van der Waals surface area (Å²) in [5.74, 6) is -0.380. The number of aliphatic carboxylic acids is 1. The number of benzene rings is 2. The second kappa shape index (κ2) is 14.3. The second-order valence-corrected chi connectivity index (χ2v) is 10.6. The number of nitrogens with one attached hydrogen (secondary N) is 1. The molecule has 2 aromatic carbocycles. The summed E-state index contributed by atoms with van der Waals surface area (Å²) in [5.41, 5.74) is 3.34. The minimum absolute atomic E-state index is 0.0113. The summed E-state index contributed by atoms with van der Waals surface area (Å²) < 4.78 is 12.9. The quantitative estimate of drug-likeness (QED) is 0.311. The molecule has 222 valence electrons. The monoisotopic (exact) mass is 575 g/mol. The minimum Gasteiger partial charge on any atom is -0.481 e. The van der Waals surface area contributed by atoms with Crippen LogP contribution >= 0.6 is 0 Å². The number of carboxylic acid groups (broad SMARTS) is 1. The van der Waals surface area contributed by atoms with Gasteiger partial charge in [-0.3, -0.25) is 14.5 Å². The Kier molecular flexibility index (Phi) is 10.1. The molecule has 2 aliphatic rings. The number of hydrogen-bond acceptors (Lipinski definition) is 9. The molecule has 11 nitrogen and oxygen atoms in total. The van der Waals surface area contributed by atoms with Crippen LogP contribution < -0.4 is 10.2 Å². The van der Waals surface area contributed by atoms with Crippen molar-refractivity contribution in [1.82, 2.24) is 14.9 Å². The van der Waals surface area contributed by atoms with Gasteiger partial charge in [-0.2, -0.15) is 0 Å². The van der Waals surface area contributed by atoms with Crippen molar-refractivity contribution in [3.63, 3.8) is 0 Å². The lowest BCUT2D eigenvalue weighted by Gasteiger charge is -2.40. The molecule has 3 heterocycles. The summed E-state index contributed by atoms with van der Waals surface area (Å²) in [6, 6.07) is 17.0. The molecule has 2 saturated heterocycles. The molecule has 0 aliphatic carbocycles. The van der Waals surface area contributed by atoms with Gasteiger partial charge in [0.2, 0.25) is 11.9 Å². The molecule has 3 atom stereocenters. The highest BCUT2D eigenvalue weighted by molar-refractivity contribution is 5.90. The maximum Gasteiger partial charge on any atom is 0.303 e. The molecule has 11 heteroatoms. The van der Waals surface area contributed by atoms with Gasteiger partial charge in [0.1, 0.15) is 0 Å². The van der Waals surface area contributed by atoms with E-state index in [1.165, 1.54) is 0 Å². The Balaban J connectivity index is 1.23. The van der Waals surface area contributed by atoms with Crippen LogP contribution in [-0.2, 0) is 25.7 Å². The molecule has 3 N–H and O–H groups in total. The fourth-order valence-electron chi connectivity index (χ4n) is 5.25. The number of aliphatic hydroxyl groups is 1. The van der Waals surface area contributed by atoms with Crippen molar-refractivity contribution in [2.75, 3.05) is 42.9 Å². The molecule has 0 unspecified atom stereocenters. The van der Waals surface area contributed by atoms with Crippen LogP contribution in [0.15, 0.2) is 67.0 Å². The Morgan fingerprint density at radius 2 is 1.60 bits per heavy atom. The Hall–Kier alpha value is -3.90. The molecule has 0 radical (unpaired) electrons. The van der Waals surface area contributed by atoms with E-state index in [9.17, 15) is 14.7 Å². The Morgan fingerprint density at radius 1 is 0.905 bits per heavy atom. The van der Waals surface area contributed by atoms with E-state index in [0.717, 1.165) is 55.4 Å². The first kappa shape index (κ1) is 29.6. The fraction of sp³-hybridized carbons (Fsp3) is 0.419. The van der Waals surface area contributed by atoms with Gasteiger partial charge in [-0.25, -0.2) is 9.97 Å². The number of ether oxygens (including phenoxy) is 2. The van der Waals surface area contributed by atoms with Crippen LogP contribution in [-0.4, -0.2) is 75.8 Å². The van der Waals surface area contributed by atoms with Crippen molar-refractivity contribution < 1.29 is 29.3 Å². The zero-order valence-electron chi connectivity index (χ0n) is 23.5. The SMILES string of the molecule is O=C(O)CCCC(=O)Nc1ccc([C@H]2O[C@@H](CN3CCN(c4ncccn4)CC3)C[C@@H](c3ccc(CO)cc3)O2)cc1. The van der Waals surface area contributed by atoms with E-state index in [1.807, 2.05) is 42.5 Å². The molecule has 2 fully saturated rings. The Morgan fingerprint density at radius 3 is 2.26 bits per heavy atom. The lowest BCUT2D eigenvalue weighted by molar-refractivity contribution is -0.253. The van der Waals surface area contributed by atoms with E-state index in [1.54, 1.807) is 24.5 Å². The molecule has 42 heavy (non-hydrogen) atoms. The minimum atomic E-state index is -0.912. The predicted molar refractivity (Wildman–Crippen MR) is 156 cm³/mol. The number of amides is 1. The molecule has 0 bridgehead atoms. The number of nitrogens with zero attached hydrogens (tertiary/aromatic N) is 4. The molecule has 1 amide bonds. The highest BCUT2D eigenvalue weighted by atomic mass is 16.7. The van der Waals surface area contributed by atoms with Gasteiger partial charge in [-0.05, 0) is 35.7 Å². The molecule has 1 aromatic heterocycles. The summed E-state index contributed by atoms with van der Waals surface area (Å²) in [4.78, 5) is 36.2. The highest BCUT2D eigenvalue weighted by Crippen LogP contribution is 2.38. The number of hydrogen-bond donors (Lipinski definition) is 3. The van der Waals surface area contributed by atoms with Gasteiger partial charge < -0.3 is 29.9 Å². The van der Waals surface area contributed by atoms with Crippen molar-refractivity contribution in [3.8, 4) is 0 Å². The maximum atomic E-state index is 12.2. The van der Waals surface area contributed by atoms with E-state index >= 15 is 0 Å². The third-order valence-corrected chi connectivity index (χ3v) is 7.55. The van der Waals surface area contributed by atoms with E-state index in [4.69, 9.17) is 14.6 Å². The largest absolute Gasteiger partial charge is 0.481 e. The topological polar surface area (TPSA) is 137 Å². The molecule has 0 spiro atoms. The Labute approximate surface area is 245 Å². The van der Waals surface area contributed by atoms with Crippen LogP contribution in [0.1, 0.15) is 54.8 Å². The number of rotatable bonds is 11. The maximum absolute atomic E-state index is 12.2. The zero-order valence-corrected chi connectivity index (χ0v) is 23.5.